The fraction of sp³-hybridized carbons (Fsp3) is 0. The van der Waals surface area contributed by atoms with E-state index in [0.717, 1.165) is 0 Å². The van der Waals surface area contributed by atoms with E-state index in [0.29, 0.717) is 10.0 Å². The molecule has 136 valence electrons. The van der Waals surface area contributed by atoms with Crippen molar-refractivity contribution in [2.24, 2.45) is 0 Å². The summed E-state index contributed by atoms with van der Waals surface area (Å²) < 4.78 is 10.6. The first-order valence-corrected chi connectivity index (χ1v) is 8.46. The molecule has 0 radical (unpaired) electrons. The number of hydrogen-bond acceptors (Lipinski definition) is 5. The molecule has 0 aliphatic rings. The third-order valence-corrected chi connectivity index (χ3v) is 3.92. The Hall–Kier alpha value is -3.02. The van der Waals surface area contributed by atoms with Gasteiger partial charge in [0.2, 0.25) is 0 Å². The maximum absolute atomic E-state index is 12.3. The van der Waals surface area contributed by atoms with Gasteiger partial charge < -0.3 is 14.6 Å². The summed E-state index contributed by atoms with van der Waals surface area (Å²) in [5.74, 6) is -1.72. The molecular formula is C20H12Cl2O5. The minimum absolute atomic E-state index is 0.0341. The highest BCUT2D eigenvalue weighted by molar-refractivity contribution is 6.31. The summed E-state index contributed by atoms with van der Waals surface area (Å²) in [5, 5.41) is 10.4. The second kappa shape index (κ2) is 8.12. The number of benzene rings is 3. The van der Waals surface area contributed by atoms with Gasteiger partial charge in [0.1, 0.15) is 5.75 Å². The summed E-state index contributed by atoms with van der Waals surface area (Å²) in [6.07, 6.45) is 0. The summed E-state index contributed by atoms with van der Waals surface area (Å²) in [4.78, 5) is 24.6. The number of aromatic hydroxyl groups is 1. The van der Waals surface area contributed by atoms with Crippen LogP contribution in [0.3, 0.4) is 0 Å². The monoisotopic (exact) mass is 402 g/mol. The van der Waals surface area contributed by atoms with Crippen molar-refractivity contribution in [3.63, 3.8) is 0 Å². The molecule has 0 aromatic heterocycles. The van der Waals surface area contributed by atoms with Gasteiger partial charge in [0.25, 0.3) is 0 Å². The Labute approximate surface area is 164 Å². The van der Waals surface area contributed by atoms with Crippen molar-refractivity contribution >= 4 is 35.1 Å². The van der Waals surface area contributed by atoms with E-state index in [1.165, 1.54) is 42.5 Å². The Balaban J connectivity index is 1.85. The van der Waals surface area contributed by atoms with Gasteiger partial charge in [-0.2, -0.15) is 0 Å². The van der Waals surface area contributed by atoms with Crippen molar-refractivity contribution in [3.05, 3.63) is 87.9 Å². The Morgan fingerprint density at radius 3 is 1.74 bits per heavy atom. The minimum atomic E-state index is -0.719. The number of phenols is 1. The van der Waals surface area contributed by atoms with Crippen LogP contribution in [0.4, 0.5) is 0 Å². The van der Waals surface area contributed by atoms with E-state index in [-0.39, 0.29) is 28.4 Å². The maximum Gasteiger partial charge on any atom is 0.343 e. The largest absolute Gasteiger partial charge is 0.508 e. The number of rotatable bonds is 4. The number of esters is 2. The Morgan fingerprint density at radius 1 is 0.704 bits per heavy atom. The molecule has 0 heterocycles. The van der Waals surface area contributed by atoms with E-state index < -0.39 is 11.9 Å². The van der Waals surface area contributed by atoms with Crippen LogP contribution in [-0.2, 0) is 0 Å². The number of ether oxygens (including phenoxy) is 2. The topological polar surface area (TPSA) is 72.8 Å². The lowest BCUT2D eigenvalue weighted by Gasteiger charge is -2.11. The standard InChI is InChI=1S/C20H12Cl2O5/c21-14-5-1-3-12(9-14)19(24)26-17-8-7-16(23)11-18(17)27-20(25)13-4-2-6-15(22)10-13/h1-11,23H. The van der Waals surface area contributed by atoms with E-state index in [1.54, 1.807) is 24.3 Å². The van der Waals surface area contributed by atoms with Crippen molar-refractivity contribution in [3.8, 4) is 17.2 Å². The molecule has 0 aliphatic heterocycles. The molecule has 0 amide bonds. The quantitative estimate of drug-likeness (QED) is 0.483. The van der Waals surface area contributed by atoms with Gasteiger partial charge in [-0.15, -0.1) is 0 Å². The lowest BCUT2D eigenvalue weighted by molar-refractivity contribution is 0.0682. The fourth-order valence-corrected chi connectivity index (χ4v) is 2.59. The molecule has 0 atom stereocenters. The molecule has 0 fully saturated rings. The third-order valence-electron chi connectivity index (χ3n) is 3.45. The molecule has 0 spiro atoms. The van der Waals surface area contributed by atoms with Crippen molar-refractivity contribution in [2.75, 3.05) is 0 Å². The normalized spacial score (nSPS) is 10.3. The van der Waals surface area contributed by atoms with Gasteiger partial charge >= 0.3 is 11.9 Å². The van der Waals surface area contributed by atoms with Crippen molar-refractivity contribution in [1.82, 2.24) is 0 Å². The van der Waals surface area contributed by atoms with Crippen molar-refractivity contribution in [1.29, 1.82) is 0 Å². The lowest BCUT2D eigenvalue weighted by atomic mass is 10.2. The molecule has 0 unspecified atom stereocenters. The zero-order chi connectivity index (χ0) is 19.4. The molecule has 0 aliphatic carbocycles. The number of hydrogen-bond donors (Lipinski definition) is 1. The first kappa shape index (κ1) is 18.8. The van der Waals surface area contributed by atoms with Crippen LogP contribution in [-0.4, -0.2) is 17.0 Å². The Kier molecular flexibility index (Phi) is 5.64. The van der Waals surface area contributed by atoms with Crippen LogP contribution in [0.2, 0.25) is 10.0 Å². The predicted octanol–water partition coefficient (Wildman–Crippen LogP) is 5.14. The fourth-order valence-electron chi connectivity index (χ4n) is 2.21. The summed E-state index contributed by atoms with van der Waals surface area (Å²) in [5.41, 5.74) is 0.431. The van der Waals surface area contributed by atoms with Gasteiger partial charge in [-0.05, 0) is 48.5 Å². The van der Waals surface area contributed by atoms with Gasteiger partial charge in [0, 0.05) is 16.1 Å². The molecule has 0 saturated heterocycles. The van der Waals surface area contributed by atoms with Crippen LogP contribution in [0, 0.1) is 0 Å². The van der Waals surface area contributed by atoms with E-state index in [2.05, 4.69) is 0 Å². The van der Waals surface area contributed by atoms with E-state index in [9.17, 15) is 14.7 Å². The van der Waals surface area contributed by atoms with Gasteiger partial charge in [-0.1, -0.05) is 35.3 Å². The van der Waals surface area contributed by atoms with Crippen LogP contribution in [0.5, 0.6) is 17.2 Å². The molecule has 27 heavy (non-hydrogen) atoms. The van der Waals surface area contributed by atoms with Crippen LogP contribution in [0.25, 0.3) is 0 Å². The number of carbonyl (C=O) groups is 2. The highest BCUT2D eigenvalue weighted by atomic mass is 35.5. The molecule has 1 N–H and O–H groups in total. The molecule has 7 heteroatoms. The SMILES string of the molecule is O=C(Oc1ccc(O)cc1OC(=O)c1cccc(Cl)c1)c1cccc(Cl)c1. The zero-order valence-corrected chi connectivity index (χ0v) is 15.2. The van der Waals surface area contributed by atoms with E-state index in [1.807, 2.05) is 0 Å². The number of phenolic OH excluding ortho intramolecular Hbond substituents is 1. The van der Waals surface area contributed by atoms with Gasteiger partial charge in [0.15, 0.2) is 11.5 Å². The summed E-state index contributed by atoms with van der Waals surface area (Å²) in [6, 6.07) is 16.2. The molecular weight excluding hydrogens is 391 g/mol. The Morgan fingerprint density at radius 2 is 1.22 bits per heavy atom. The Bertz CT molecular complexity index is 1020. The first-order chi connectivity index (χ1) is 12.9. The molecule has 5 nitrogen and oxygen atoms in total. The van der Waals surface area contributed by atoms with Crippen LogP contribution < -0.4 is 9.47 Å². The average Bonchev–Trinajstić information content (AvgIpc) is 2.64. The molecule has 3 rings (SSSR count). The van der Waals surface area contributed by atoms with Crippen LogP contribution in [0.1, 0.15) is 20.7 Å². The minimum Gasteiger partial charge on any atom is -0.508 e. The highest BCUT2D eigenvalue weighted by Crippen LogP contribution is 2.32. The smallest absolute Gasteiger partial charge is 0.343 e. The van der Waals surface area contributed by atoms with Gasteiger partial charge in [-0.25, -0.2) is 9.59 Å². The van der Waals surface area contributed by atoms with Crippen molar-refractivity contribution in [2.45, 2.75) is 0 Å². The van der Waals surface area contributed by atoms with E-state index in [4.69, 9.17) is 32.7 Å². The summed E-state index contributed by atoms with van der Waals surface area (Å²) >= 11 is 11.7. The molecule has 0 saturated carbocycles. The predicted molar refractivity (Wildman–Crippen MR) is 101 cm³/mol. The second-order valence-electron chi connectivity index (χ2n) is 5.43. The summed E-state index contributed by atoms with van der Waals surface area (Å²) in [6.45, 7) is 0. The second-order valence-corrected chi connectivity index (χ2v) is 6.30. The number of carbonyl (C=O) groups excluding carboxylic acids is 2. The third kappa shape index (κ3) is 4.78. The van der Waals surface area contributed by atoms with Crippen LogP contribution >= 0.6 is 23.2 Å². The van der Waals surface area contributed by atoms with Gasteiger partial charge in [0.05, 0.1) is 11.1 Å². The summed E-state index contributed by atoms with van der Waals surface area (Å²) in [7, 11) is 0. The van der Waals surface area contributed by atoms with Crippen LogP contribution in [0.15, 0.2) is 66.7 Å². The average molecular weight is 403 g/mol. The van der Waals surface area contributed by atoms with Crippen molar-refractivity contribution < 1.29 is 24.2 Å². The van der Waals surface area contributed by atoms with E-state index >= 15 is 0 Å². The molecule has 3 aromatic rings. The molecule has 3 aromatic carbocycles. The molecule has 0 bridgehead atoms. The number of halogens is 2. The lowest BCUT2D eigenvalue weighted by Crippen LogP contribution is -2.12. The van der Waals surface area contributed by atoms with Gasteiger partial charge in [-0.3, -0.25) is 0 Å². The first-order valence-electron chi connectivity index (χ1n) is 7.71. The highest BCUT2D eigenvalue weighted by Gasteiger charge is 2.17. The zero-order valence-electron chi connectivity index (χ0n) is 13.7. The maximum atomic E-state index is 12.3.